The molecule has 0 radical (unpaired) electrons. The Bertz CT molecular complexity index is 499. The number of amides is 1. The Balaban J connectivity index is 1.97. The molecule has 0 heterocycles. The van der Waals surface area contributed by atoms with Gasteiger partial charge in [0.05, 0.1) is 13.2 Å². The third kappa shape index (κ3) is 4.37. The van der Waals surface area contributed by atoms with Crippen molar-refractivity contribution in [3.05, 3.63) is 23.8 Å². The van der Waals surface area contributed by atoms with Crippen LogP contribution in [0.3, 0.4) is 0 Å². The van der Waals surface area contributed by atoms with Gasteiger partial charge in [0, 0.05) is 19.0 Å². The van der Waals surface area contributed by atoms with Crippen LogP contribution in [0, 0.1) is 5.92 Å². The second-order valence-electron chi connectivity index (χ2n) is 5.86. The predicted molar refractivity (Wildman–Crippen MR) is 85.9 cm³/mol. The highest BCUT2D eigenvalue weighted by molar-refractivity contribution is 5.78. The number of methoxy groups -OCH3 is 1. The topological polar surface area (TPSA) is 73.6 Å². The Morgan fingerprint density at radius 3 is 2.73 bits per heavy atom. The van der Waals surface area contributed by atoms with E-state index in [1.165, 1.54) is 12.8 Å². The van der Waals surface area contributed by atoms with Crippen molar-refractivity contribution in [2.45, 2.75) is 45.3 Å². The molecular weight excluding hydrogens is 280 g/mol. The van der Waals surface area contributed by atoms with Crippen LogP contribution in [-0.2, 0) is 11.3 Å². The smallest absolute Gasteiger partial charge is 0.224 e. The summed E-state index contributed by atoms with van der Waals surface area (Å²) < 4.78 is 11.4. The first-order chi connectivity index (χ1) is 10.6. The lowest BCUT2D eigenvalue weighted by Gasteiger charge is -2.17. The van der Waals surface area contributed by atoms with E-state index in [2.05, 4.69) is 5.32 Å². The van der Waals surface area contributed by atoms with Crippen molar-refractivity contribution in [2.24, 2.45) is 11.7 Å². The zero-order chi connectivity index (χ0) is 15.9. The first-order valence-corrected chi connectivity index (χ1v) is 7.95. The summed E-state index contributed by atoms with van der Waals surface area (Å²) in [6.45, 7) is 2.63. The molecule has 5 nitrogen and oxygen atoms in total. The molecule has 2 rings (SSSR count). The molecule has 1 unspecified atom stereocenters. The highest BCUT2D eigenvalue weighted by atomic mass is 16.5. The van der Waals surface area contributed by atoms with Gasteiger partial charge in [-0.15, -0.1) is 0 Å². The van der Waals surface area contributed by atoms with Gasteiger partial charge in [-0.1, -0.05) is 13.0 Å². The highest BCUT2D eigenvalue weighted by Gasteiger charge is 2.18. The molecule has 1 aromatic rings. The predicted octanol–water partition coefficient (Wildman–Crippen LogP) is 2.23. The van der Waals surface area contributed by atoms with E-state index in [-0.39, 0.29) is 11.8 Å². The molecule has 1 aliphatic rings. The Morgan fingerprint density at radius 2 is 2.09 bits per heavy atom. The van der Waals surface area contributed by atoms with E-state index in [0.717, 1.165) is 24.2 Å². The van der Waals surface area contributed by atoms with Gasteiger partial charge in [-0.05, 0) is 43.4 Å². The van der Waals surface area contributed by atoms with E-state index in [9.17, 15) is 4.79 Å². The number of ether oxygens (including phenoxy) is 2. The Morgan fingerprint density at radius 1 is 1.36 bits per heavy atom. The maximum Gasteiger partial charge on any atom is 0.224 e. The third-order valence-corrected chi connectivity index (χ3v) is 4.09. The van der Waals surface area contributed by atoms with Gasteiger partial charge >= 0.3 is 0 Å². The van der Waals surface area contributed by atoms with E-state index in [1.807, 2.05) is 25.1 Å². The summed E-state index contributed by atoms with van der Waals surface area (Å²) in [5.41, 5.74) is 6.47. The van der Waals surface area contributed by atoms with Crippen molar-refractivity contribution < 1.29 is 14.3 Å². The van der Waals surface area contributed by atoms with Crippen LogP contribution in [0.25, 0.3) is 0 Å². The normalized spacial score (nSPS) is 16.3. The fourth-order valence-corrected chi connectivity index (χ4v) is 2.58. The summed E-state index contributed by atoms with van der Waals surface area (Å²) in [5.74, 6) is 1.28. The van der Waals surface area contributed by atoms with Gasteiger partial charge < -0.3 is 20.5 Å². The number of carbonyl (C=O) groups is 1. The van der Waals surface area contributed by atoms with Crippen LogP contribution in [0.15, 0.2) is 18.2 Å². The molecule has 0 bridgehead atoms. The number of carbonyl (C=O) groups excluding carboxylic acids is 1. The van der Waals surface area contributed by atoms with Crippen LogP contribution < -0.4 is 20.5 Å². The molecule has 1 aromatic carbocycles. The van der Waals surface area contributed by atoms with Gasteiger partial charge in [-0.25, -0.2) is 0 Å². The van der Waals surface area contributed by atoms with Crippen molar-refractivity contribution >= 4 is 5.91 Å². The Labute approximate surface area is 132 Å². The van der Waals surface area contributed by atoms with Gasteiger partial charge in [0.2, 0.25) is 5.91 Å². The van der Waals surface area contributed by atoms with Crippen molar-refractivity contribution in [1.29, 1.82) is 0 Å². The lowest BCUT2D eigenvalue weighted by Crippen LogP contribution is -2.32. The third-order valence-electron chi connectivity index (χ3n) is 4.09. The molecule has 1 aliphatic carbocycles. The van der Waals surface area contributed by atoms with Crippen molar-refractivity contribution in [2.75, 3.05) is 13.7 Å². The molecule has 0 spiro atoms. The van der Waals surface area contributed by atoms with Crippen LogP contribution in [0.1, 0.15) is 38.2 Å². The van der Waals surface area contributed by atoms with Gasteiger partial charge in [-0.2, -0.15) is 0 Å². The van der Waals surface area contributed by atoms with Crippen molar-refractivity contribution in [1.82, 2.24) is 5.32 Å². The van der Waals surface area contributed by atoms with Crippen molar-refractivity contribution in [3.8, 4) is 11.5 Å². The van der Waals surface area contributed by atoms with E-state index >= 15 is 0 Å². The number of nitrogens with two attached hydrogens (primary N) is 1. The molecular formula is C17H26N2O3. The van der Waals surface area contributed by atoms with Gasteiger partial charge in [-0.3, -0.25) is 4.79 Å². The SMILES string of the molecule is COc1cc(CNC(=O)C(C)CN)ccc1OC1CCCC1. The second kappa shape index (κ2) is 8.03. The van der Waals surface area contributed by atoms with Crippen LogP contribution >= 0.6 is 0 Å². The van der Waals surface area contributed by atoms with Gasteiger partial charge in [0.1, 0.15) is 0 Å². The largest absolute Gasteiger partial charge is 0.493 e. The van der Waals surface area contributed by atoms with E-state index in [0.29, 0.717) is 24.9 Å². The molecule has 5 heteroatoms. The minimum absolute atomic E-state index is 0.0345. The van der Waals surface area contributed by atoms with Crippen molar-refractivity contribution in [3.63, 3.8) is 0 Å². The first-order valence-electron chi connectivity index (χ1n) is 7.95. The zero-order valence-corrected chi connectivity index (χ0v) is 13.4. The van der Waals surface area contributed by atoms with E-state index in [4.69, 9.17) is 15.2 Å². The van der Waals surface area contributed by atoms with Crippen LogP contribution in [-0.4, -0.2) is 25.7 Å². The Hall–Kier alpha value is -1.75. The molecule has 0 aliphatic heterocycles. The average Bonchev–Trinajstić information content (AvgIpc) is 3.05. The quantitative estimate of drug-likeness (QED) is 0.810. The summed E-state index contributed by atoms with van der Waals surface area (Å²) in [7, 11) is 1.63. The van der Waals surface area contributed by atoms with Crippen LogP contribution in [0.2, 0.25) is 0 Å². The molecule has 22 heavy (non-hydrogen) atoms. The fraction of sp³-hybridized carbons (Fsp3) is 0.588. The summed E-state index contributed by atoms with van der Waals surface area (Å²) in [4.78, 5) is 11.8. The lowest BCUT2D eigenvalue weighted by molar-refractivity contribution is -0.124. The molecule has 1 atom stereocenters. The first kappa shape index (κ1) is 16.6. The lowest BCUT2D eigenvalue weighted by atomic mass is 10.1. The monoisotopic (exact) mass is 306 g/mol. The summed E-state index contributed by atoms with van der Waals surface area (Å²) in [5, 5.41) is 2.88. The number of benzene rings is 1. The number of nitrogens with one attached hydrogen (secondary N) is 1. The molecule has 3 N–H and O–H groups in total. The number of hydrogen-bond donors (Lipinski definition) is 2. The Kier molecular flexibility index (Phi) is 6.07. The van der Waals surface area contributed by atoms with E-state index < -0.39 is 0 Å². The molecule has 122 valence electrons. The van der Waals surface area contributed by atoms with Crippen LogP contribution in [0.5, 0.6) is 11.5 Å². The summed E-state index contributed by atoms with van der Waals surface area (Å²) >= 11 is 0. The number of hydrogen-bond acceptors (Lipinski definition) is 4. The summed E-state index contributed by atoms with van der Waals surface area (Å²) in [6.07, 6.45) is 4.98. The molecule has 1 amide bonds. The second-order valence-corrected chi connectivity index (χ2v) is 5.86. The number of rotatable bonds is 7. The molecule has 0 saturated heterocycles. The summed E-state index contributed by atoms with van der Waals surface area (Å²) in [6, 6.07) is 5.79. The van der Waals surface area contributed by atoms with Crippen LogP contribution in [0.4, 0.5) is 0 Å². The standard InChI is InChI=1S/C17H26N2O3/c1-12(10-18)17(20)19-11-13-7-8-15(16(9-13)21-2)22-14-5-3-4-6-14/h7-9,12,14H,3-6,10-11,18H2,1-2H3,(H,19,20). The van der Waals surface area contributed by atoms with Gasteiger partial charge in [0.15, 0.2) is 11.5 Å². The highest BCUT2D eigenvalue weighted by Crippen LogP contribution is 2.32. The fourth-order valence-electron chi connectivity index (χ4n) is 2.58. The van der Waals surface area contributed by atoms with Gasteiger partial charge in [0.25, 0.3) is 0 Å². The minimum atomic E-state index is -0.174. The maximum atomic E-state index is 11.8. The molecule has 1 saturated carbocycles. The maximum absolute atomic E-state index is 11.8. The molecule has 1 fully saturated rings. The zero-order valence-electron chi connectivity index (χ0n) is 13.4. The molecule has 0 aromatic heterocycles. The average molecular weight is 306 g/mol. The van der Waals surface area contributed by atoms with E-state index in [1.54, 1.807) is 7.11 Å². The minimum Gasteiger partial charge on any atom is -0.493 e.